The van der Waals surface area contributed by atoms with Crippen LogP contribution in [0.5, 0.6) is 0 Å². The Hall–Kier alpha value is -4.51. The number of carbonyl (C=O) groups excluding carboxylic acids is 2. The second kappa shape index (κ2) is 9.27. The zero-order valence-corrected chi connectivity index (χ0v) is 19.7. The molecular formula is C31H25NO4. The standard InChI is InChI=1S/C31H25NO4/c1-21-17-19-25(20-18-21)32-27(24-15-9-4-10-16-24)31(30(35)36,28(33)29(32)34)26(22-11-5-2-6-12-22)23-13-7-3-8-14-23/h2-20,26-27H,1H3,(H,35,36)/t27-,31+/m0/s1. The molecule has 4 aromatic carbocycles. The highest BCUT2D eigenvalue weighted by molar-refractivity contribution is 6.49. The molecule has 0 spiro atoms. The maximum Gasteiger partial charge on any atom is 0.321 e. The quantitative estimate of drug-likeness (QED) is 0.293. The summed E-state index contributed by atoms with van der Waals surface area (Å²) in [7, 11) is 0. The monoisotopic (exact) mass is 475 g/mol. The third-order valence-electron chi connectivity index (χ3n) is 6.98. The number of aliphatic carboxylic acids is 1. The molecule has 1 aliphatic heterocycles. The molecule has 0 aromatic heterocycles. The highest BCUT2D eigenvalue weighted by atomic mass is 16.4. The number of hydrogen-bond acceptors (Lipinski definition) is 3. The molecule has 36 heavy (non-hydrogen) atoms. The summed E-state index contributed by atoms with van der Waals surface area (Å²) >= 11 is 0. The number of amides is 1. The first-order chi connectivity index (χ1) is 17.5. The molecule has 1 aliphatic rings. The van der Waals surface area contributed by atoms with Crippen molar-refractivity contribution < 1.29 is 19.5 Å². The van der Waals surface area contributed by atoms with Gasteiger partial charge in [0.05, 0.1) is 6.04 Å². The van der Waals surface area contributed by atoms with Crippen LogP contribution in [0.4, 0.5) is 5.69 Å². The van der Waals surface area contributed by atoms with Gasteiger partial charge in [0.15, 0.2) is 5.41 Å². The Kier molecular flexibility index (Phi) is 5.98. The normalized spacial score (nSPS) is 19.6. The molecule has 1 fully saturated rings. The van der Waals surface area contributed by atoms with Crippen molar-refractivity contribution in [2.24, 2.45) is 5.41 Å². The Morgan fingerprint density at radius 1 is 0.750 bits per heavy atom. The summed E-state index contributed by atoms with van der Waals surface area (Å²) < 4.78 is 0. The van der Waals surface area contributed by atoms with E-state index in [2.05, 4.69) is 0 Å². The minimum atomic E-state index is -2.11. The van der Waals surface area contributed by atoms with Crippen LogP contribution in [0.3, 0.4) is 0 Å². The van der Waals surface area contributed by atoms with Crippen LogP contribution < -0.4 is 4.90 Å². The van der Waals surface area contributed by atoms with Gasteiger partial charge in [-0.05, 0) is 35.7 Å². The first-order valence-electron chi connectivity index (χ1n) is 11.8. The van der Waals surface area contributed by atoms with Crippen molar-refractivity contribution in [2.45, 2.75) is 18.9 Å². The molecule has 0 bridgehead atoms. The van der Waals surface area contributed by atoms with Crippen LogP contribution in [0.1, 0.15) is 34.2 Å². The molecule has 0 aliphatic carbocycles. The summed E-state index contributed by atoms with van der Waals surface area (Å²) in [5.74, 6) is -3.99. The van der Waals surface area contributed by atoms with Crippen molar-refractivity contribution in [3.8, 4) is 0 Å². The summed E-state index contributed by atoms with van der Waals surface area (Å²) in [5, 5.41) is 11.0. The predicted molar refractivity (Wildman–Crippen MR) is 138 cm³/mol. The maximum atomic E-state index is 14.1. The summed E-state index contributed by atoms with van der Waals surface area (Å²) in [4.78, 5) is 42.7. The lowest BCUT2D eigenvalue weighted by molar-refractivity contribution is -0.157. The third-order valence-corrected chi connectivity index (χ3v) is 6.98. The van der Waals surface area contributed by atoms with Gasteiger partial charge in [-0.15, -0.1) is 0 Å². The molecule has 0 unspecified atom stereocenters. The van der Waals surface area contributed by atoms with E-state index in [-0.39, 0.29) is 0 Å². The highest BCUT2D eigenvalue weighted by Crippen LogP contribution is 2.57. The molecule has 1 heterocycles. The van der Waals surface area contributed by atoms with E-state index in [4.69, 9.17) is 0 Å². The number of benzene rings is 4. The van der Waals surface area contributed by atoms with E-state index in [9.17, 15) is 19.5 Å². The van der Waals surface area contributed by atoms with E-state index in [1.807, 2.05) is 85.8 Å². The highest BCUT2D eigenvalue weighted by Gasteiger charge is 2.69. The van der Waals surface area contributed by atoms with Crippen LogP contribution >= 0.6 is 0 Å². The largest absolute Gasteiger partial charge is 0.480 e. The molecule has 0 saturated carbocycles. The molecule has 0 radical (unpaired) electrons. The second-order valence-corrected chi connectivity index (χ2v) is 9.08. The molecule has 5 heteroatoms. The van der Waals surface area contributed by atoms with Crippen molar-refractivity contribution in [3.63, 3.8) is 0 Å². The molecule has 5 rings (SSSR count). The number of carbonyl (C=O) groups is 3. The number of Topliss-reactive ketones (excluding diaryl/α,β-unsaturated/α-hetero) is 1. The van der Waals surface area contributed by atoms with E-state index >= 15 is 0 Å². The van der Waals surface area contributed by atoms with Gasteiger partial charge in [0.25, 0.3) is 5.91 Å². The van der Waals surface area contributed by atoms with Gasteiger partial charge >= 0.3 is 5.97 Å². The van der Waals surface area contributed by atoms with Gasteiger partial charge in [0.1, 0.15) is 0 Å². The van der Waals surface area contributed by atoms with E-state index < -0.39 is 35.0 Å². The third kappa shape index (κ3) is 3.60. The van der Waals surface area contributed by atoms with Crippen molar-refractivity contribution >= 4 is 23.3 Å². The first-order valence-corrected chi connectivity index (χ1v) is 11.8. The van der Waals surface area contributed by atoms with Gasteiger partial charge in [-0.25, -0.2) is 0 Å². The van der Waals surface area contributed by atoms with Gasteiger partial charge in [0.2, 0.25) is 5.78 Å². The van der Waals surface area contributed by atoms with Crippen LogP contribution in [0, 0.1) is 12.3 Å². The number of hydrogen-bond donors (Lipinski definition) is 1. The maximum absolute atomic E-state index is 14.1. The van der Waals surface area contributed by atoms with Crippen molar-refractivity contribution in [2.75, 3.05) is 4.90 Å². The van der Waals surface area contributed by atoms with Gasteiger partial charge in [-0.2, -0.15) is 0 Å². The van der Waals surface area contributed by atoms with Gasteiger partial charge < -0.3 is 5.11 Å². The number of ketones is 1. The zero-order chi connectivity index (χ0) is 25.3. The van der Waals surface area contributed by atoms with Gasteiger partial charge in [0, 0.05) is 11.6 Å². The molecular weight excluding hydrogens is 450 g/mol. The number of carboxylic acids is 1. The van der Waals surface area contributed by atoms with E-state index in [1.165, 1.54) is 4.90 Å². The summed E-state index contributed by atoms with van der Waals surface area (Å²) in [6, 6.07) is 33.3. The Balaban J connectivity index is 1.86. The summed E-state index contributed by atoms with van der Waals surface area (Å²) in [5.41, 5.74) is 1.25. The first kappa shape index (κ1) is 23.2. The number of carboxylic acid groups (broad SMARTS) is 1. The Morgan fingerprint density at radius 2 is 1.22 bits per heavy atom. The van der Waals surface area contributed by atoms with Crippen LogP contribution in [0.25, 0.3) is 0 Å². The van der Waals surface area contributed by atoms with Gasteiger partial charge in [-0.3, -0.25) is 19.3 Å². The van der Waals surface area contributed by atoms with E-state index in [0.29, 0.717) is 22.4 Å². The number of nitrogens with zero attached hydrogens (tertiary/aromatic N) is 1. The topological polar surface area (TPSA) is 74.7 Å². The van der Waals surface area contributed by atoms with Crippen molar-refractivity contribution in [1.82, 2.24) is 0 Å². The lowest BCUT2D eigenvalue weighted by atomic mass is 9.62. The summed E-state index contributed by atoms with van der Waals surface area (Å²) in [6.07, 6.45) is 0. The van der Waals surface area contributed by atoms with Crippen molar-refractivity contribution in [1.29, 1.82) is 0 Å². The zero-order valence-electron chi connectivity index (χ0n) is 19.7. The predicted octanol–water partition coefficient (Wildman–Crippen LogP) is 5.56. The van der Waals surface area contributed by atoms with Crippen molar-refractivity contribution in [3.05, 3.63) is 138 Å². The molecule has 4 aromatic rings. The number of rotatable bonds is 6. The van der Waals surface area contributed by atoms with Gasteiger partial charge in [-0.1, -0.05) is 109 Å². The molecule has 178 valence electrons. The average Bonchev–Trinajstić information content (AvgIpc) is 3.14. The molecule has 1 amide bonds. The fourth-order valence-electron chi connectivity index (χ4n) is 5.39. The van der Waals surface area contributed by atoms with Crippen LogP contribution in [-0.2, 0) is 14.4 Å². The summed E-state index contributed by atoms with van der Waals surface area (Å²) in [6.45, 7) is 1.93. The minimum Gasteiger partial charge on any atom is -0.480 e. The minimum absolute atomic E-state index is 0.482. The molecule has 5 nitrogen and oxygen atoms in total. The second-order valence-electron chi connectivity index (χ2n) is 9.08. The Morgan fingerprint density at radius 3 is 1.69 bits per heavy atom. The fraction of sp³-hybridized carbons (Fsp3) is 0.129. The molecule has 2 atom stereocenters. The number of anilines is 1. The molecule has 1 N–H and O–H groups in total. The number of aryl methyl sites for hydroxylation is 1. The lowest BCUT2D eigenvalue weighted by Gasteiger charge is -2.39. The van der Waals surface area contributed by atoms with E-state index in [0.717, 1.165) is 5.56 Å². The fourth-order valence-corrected chi connectivity index (χ4v) is 5.39. The van der Waals surface area contributed by atoms with Crippen LogP contribution in [0.15, 0.2) is 115 Å². The van der Waals surface area contributed by atoms with E-state index in [1.54, 1.807) is 36.4 Å². The van der Waals surface area contributed by atoms with Crippen LogP contribution in [-0.4, -0.2) is 22.8 Å². The smallest absolute Gasteiger partial charge is 0.321 e. The SMILES string of the molecule is Cc1ccc(N2C(=O)C(=O)[C@@](C(=O)O)(C(c3ccccc3)c3ccccc3)[C@@H]2c2ccccc2)cc1. The average molecular weight is 476 g/mol. The van der Waals surface area contributed by atoms with Crippen LogP contribution in [0.2, 0.25) is 0 Å². The molecule has 1 saturated heterocycles. The Labute approximate surface area is 209 Å². The lowest BCUT2D eigenvalue weighted by Crippen LogP contribution is -2.47. The Bertz CT molecular complexity index is 1360.